The third-order valence-electron chi connectivity index (χ3n) is 1.71. The molecule has 0 aliphatic heterocycles. The van der Waals surface area contributed by atoms with Crippen molar-refractivity contribution in [3.05, 3.63) is 18.0 Å². The first-order valence-corrected chi connectivity index (χ1v) is 4.61. The lowest BCUT2D eigenvalue weighted by Gasteiger charge is -2.03. The number of rotatable bonds is 5. The maximum atomic E-state index is 5.02. The van der Waals surface area contributed by atoms with Crippen molar-refractivity contribution in [2.24, 2.45) is 0 Å². The molecule has 0 saturated heterocycles. The summed E-state index contributed by atoms with van der Waals surface area (Å²) in [5.41, 5.74) is 3.99. The number of aromatic nitrogens is 2. The van der Waals surface area contributed by atoms with Gasteiger partial charge in [0, 0.05) is 24.3 Å². The molecular weight excluding hydrogens is 166 g/mol. The second-order valence-electron chi connectivity index (χ2n) is 3.18. The lowest BCUT2D eigenvalue weighted by Crippen LogP contribution is -2.13. The summed E-state index contributed by atoms with van der Waals surface area (Å²) in [7, 11) is 0. The van der Waals surface area contributed by atoms with E-state index in [1.165, 1.54) is 0 Å². The van der Waals surface area contributed by atoms with Gasteiger partial charge in [-0.25, -0.2) is 0 Å². The monoisotopic (exact) mass is 183 g/mol. The zero-order valence-corrected chi connectivity index (χ0v) is 8.45. The standard InChI is InChI=1S/C9H17N3O/c1-4-13-11-6-9-5-10-12(7-9)8(2)3/h5,7-8,11H,4,6H2,1-3H3. The van der Waals surface area contributed by atoms with E-state index < -0.39 is 0 Å². The average molecular weight is 183 g/mol. The van der Waals surface area contributed by atoms with Crippen LogP contribution in [0.25, 0.3) is 0 Å². The van der Waals surface area contributed by atoms with Crippen molar-refractivity contribution in [1.82, 2.24) is 15.3 Å². The molecule has 0 bridgehead atoms. The van der Waals surface area contributed by atoms with Crippen molar-refractivity contribution in [3.63, 3.8) is 0 Å². The summed E-state index contributed by atoms with van der Waals surface area (Å²) in [5.74, 6) is 0. The average Bonchev–Trinajstić information content (AvgIpc) is 2.53. The molecule has 1 aromatic heterocycles. The van der Waals surface area contributed by atoms with Gasteiger partial charge in [0.25, 0.3) is 0 Å². The number of hydrogen-bond donors (Lipinski definition) is 1. The molecule has 0 aliphatic carbocycles. The normalized spacial score (nSPS) is 11.1. The Labute approximate surface area is 78.8 Å². The number of nitrogens with zero attached hydrogens (tertiary/aromatic N) is 2. The SMILES string of the molecule is CCONCc1cnn(C(C)C)c1. The summed E-state index contributed by atoms with van der Waals surface area (Å²) in [6.07, 6.45) is 3.88. The van der Waals surface area contributed by atoms with Gasteiger partial charge in [-0.05, 0) is 20.8 Å². The second-order valence-corrected chi connectivity index (χ2v) is 3.18. The third kappa shape index (κ3) is 3.16. The summed E-state index contributed by atoms with van der Waals surface area (Å²) in [6, 6.07) is 0.417. The molecule has 1 heterocycles. The van der Waals surface area contributed by atoms with Gasteiger partial charge in [0.15, 0.2) is 0 Å². The van der Waals surface area contributed by atoms with Crippen LogP contribution in [0.3, 0.4) is 0 Å². The Morgan fingerprint density at radius 3 is 2.92 bits per heavy atom. The summed E-state index contributed by atoms with van der Waals surface area (Å²) in [5, 5.41) is 4.22. The van der Waals surface area contributed by atoms with Crippen molar-refractivity contribution in [3.8, 4) is 0 Å². The summed E-state index contributed by atoms with van der Waals surface area (Å²) in [4.78, 5) is 5.02. The summed E-state index contributed by atoms with van der Waals surface area (Å²) in [6.45, 7) is 7.54. The first-order chi connectivity index (χ1) is 6.24. The minimum atomic E-state index is 0.417. The quantitative estimate of drug-likeness (QED) is 0.555. The van der Waals surface area contributed by atoms with Crippen LogP contribution < -0.4 is 5.48 Å². The van der Waals surface area contributed by atoms with Gasteiger partial charge < -0.3 is 4.84 Å². The minimum Gasteiger partial charge on any atom is -0.302 e. The van der Waals surface area contributed by atoms with Gasteiger partial charge in [-0.3, -0.25) is 4.68 Å². The molecule has 0 amide bonds. The Hall–Kier alpha value is -0.870. The van der Waals surface area contributed by atoms with Gasteiger partial charge in [0.1, 0.15) is 0 Å². The van der Waals surface area contributed by atoms with Crippen molar-refractivity contribution < 1.29 is 4.84 Å². The Morgan fingerprint density at radius 1 is 1.62 bits per heavy atom. The van der Waals surface area contributed by atoms with E-state index in [0.717, 1.165) is 5.56 Å². The van der Waals surface area contributed by atoms with E-state index in [1.807, 2.05) is 24.0 Å². The molecule has 0 fully saturated rings. The lowest BCUT2D eigenvalue weighted by atomic mass is 10.3. The molecule has 4 nitrogen and oxygen atoms in total. The zero-order valence-electron chi connectivity index (χ0n) is 8.45. The van der Waals surface area contributed by atoms with Crippen LogP contribution >= 0.6 is 0 Å². The van der Waals surface area contributed by atoms with Crippen molar-refractivity contribution in [2.75, 3.05) is 6.61 Å². The highest BCUT2D eigenvalue weighted by molar-refractivity contribution is 5.03. The number of nitrogens with one attached hydrogen (secondary N) is 1. The van der Waals surface area contributed by atoms with Gasteiger partial charge >= 0.3 is 0 Å². The fourth-order valence-corrected chi connectivity index (χ4v) is 0.988. The molecule has 0 unspecified atom stereocenters. The van der Waals surface area contributed by atoms with Crippen LogP contribution in [0.1, 0.15) is 32.4 Å². The van der Waals surface area contributed by atoms with Crippen LogP contribution in [-0.2, 0) is 11.4 Å². The van der Waals surface area contributed by atoms with Gasteiger partial charge in [0.2, 0.25) is 0 Å². The fourth-order valence-electron chi connectivity index (χ4n) is 0.988. The highest BCUT2D eigenvalue weighted by Crippen LogP contribution is 2.04. The molecule has 1 aromatic rings. The molecule has 1 rings (SSSR count). The first-order valence-electron chi connectivity index (χ1n) is 4.61. The van der Waals surface area contributed by atoms with E-state index >= 15 is 0 Å². The zero-order chi connectivity index (χ0) is 9.68. The molecule has 1 N–H and O–H groups in total. The van der Waals surface area contributed by atoms with Crippen LogP contribution in [0.5, 0.6) is 0 Å². The molecular formula is C9H17N3O. The first kappa shape index (κ1) is 10.2. The molecule has 13 heavy (non-hydrogen) atoms. The van der Waals surface area contributed by atoms with Crippen LogP contribution in [0, 0.1) is 0 Å². The van der Waals surface area contributed by atoms with E-state index in [4.69, 9.17) is 4.84 Å². The summed E-state index contributed by atoms with van der Waals surface area (Å²) >= 11 is 0. The largest absolute Gasteiger partial charge is 0.302 e. The van der Waals surface area contributed by atoms with Gasteiger partial charge in [-0.2, -0.15) is 10.6 Å². The second kappa shape index (κ2) is 4.99. The molecule has 0 atom stereocenters. The van der Waals surface area contributed by atoms with Crippen LogP contribution in [0.4, 0.5) is 0 Å². The van der Waals surface area contributed by atoms with Crippen molar-refractivity contribution in [2.45, 2.75) is 33.4 Å². The highest BCUT2D eigenvalue weighted by Gasteiger charge is 2.00. The fraction of sp³-hybridized carbons (Fsp3) is 0.667. The van der Waals surface area contributed by atoms with E-state index in [1.54, 1.807) is 0 Å². The third-order valence-corrected chi connectivity index (χ3v) is 1.71. The van der Waals surface area contributed by atoms with Crippen molar-refractivity contribution in [1.29, 1.82) is 0 Å². The summed E-state index contributed by atoms with van der Waals surface area (Å²) < 4.78 is 1.93. The van der Waals surface area contributed by atoms with Crippen LogP contribution in [-0.4, -0.2) is 16.4 Å². The number of hydrogen-bond acceptors (Lipinski definition) is 3. The number of hydroxylamine groups is 1. The topological polar surface area (TPSA) is 39.1 Å². The van der Waals surface area contributed by atoms with Crippen LogP contribution in [0.15, 0.2) is 12.4 Å². The predicted molar refractivity (Wildman–Crippen MR) is 51.1 cm³/mol. The predicted octanol–water partition coefficient (Wildman–Crippen LogP) is 1.51. The van der Waals surface area contributed by atoms with Gasteiger partial charge in [-0.1, -0.05) is 0 Å². The van der Waals surface area contributed by atoms with Crippen LogP contribution in [0.2, 0.25) is 0 Å². The smallest absolute Gasteiger partial charge is 0.0654 e. The Balaban J connectivity index is 2.40. The van der Waals surface area contributed by atoms with E-state index in [0.29, 0.717) is 19.2 Å². The molecule has 0 aromatic carbocycles. The van der Waals surface area contributed by atoms with E-state index in [2.05, 4.69) is 24.4 Å². The van der Waals surface area contributed by atoms with E-state index in [-0.39, 0.29) is 0 Å². The van der Waals surface area contributed by atoms with E-state index in [9.17, 15) is 0 Å². The van der Waals surface area contributed by atoms with Gasteiger partial charge in [-0.15, -0.1) is 0 Å². The lowest BCUT2D eigenvalue weighted by molar-refractivity contribution is 0.0463. The Kier molecular flexibility index (Phi) is 3.92. The van der Waals surface area contributed by atoms with Gasteiger partial charge in [0.05, 0.1) is 12.8 Å². The van der Waals surface area contributed by atoms with Crippen molar-refractivity contribution >= 4 is 0 Å². The molecule has 74 valence electrons. The molecule has 4 heteroatoms. The maximum absolute atomic E-state index is 5.02. The minimum absolute atomic E-state index is 0.417. The molecule has 0 spiro atoms. The highest BCUT2D eigenvalue weighted by atomic mass is 16.6. The Bertz CT molecular complexity index is 245. The molecule has 0 saturated carbocycles. The Morgan fingerprint density at radius 2 is 2.38 bits per heavy atom. The maximum Gasteiger partial charge on any atom is 0.0654 e. The molecule has 0 aliphatic rings. The molecule has 0 radical (unpaired) electrons.